The highest BCUT2D eigenvalue weighted by Crippen LogP contribution is 2.36. The molecule has 0 saturated carbocycles. The Morgan fingerprint density at radius 3 is 1.75 bits per heavy atom. The molecule has 0 amide bonds. The van der Waals surface area contributed by atoms with E-state index in [0.717, 1.165) is 19.3 Å². The van der Waals surface area contributed by atoms with Crippen LogP contribution in [0.15, 0.2) is 0 Å². The molecule has 122 valence electrons. The number of phosphoric acid groups is 1. The molecule has 0 bridgehead atoms. The van der Waals surface area contributed by atoms with E-state index in [0.29, 0.717) is 5.41 Å². The summed E-state index contributed by atoms with van der Waals surface area (Å²) in [6, 6.07) is 0. The van der Waals surface area contributed by atoms with E-state index in [2.05, 4.69) is 25.3 Å². The van der Waals surface area contributed by atoms with Crippen LogP contribution >= 0.6 is 7.82 Å². The summed E-state index contributed by atoms with van der Waals surface area (Å²) in [7, 11) is -4.26. The Labute approximate surface area is 124 Å². The molecule has 0 atom stereocenters. The van der Waals surface area contributed by atoms with Crippen LogP contribution in [0.5, 0.6) is 0 Å². The fraction of sp³-hybridized carbons (Fsp3) is 1.00. The van der Waals surface area contributed by atoms with Gasteiger partial charge in [0.15, 0.2) is 0 Å². The summed E-state index contributed by atoms with van der Waals surface area (Å²) in [4.78, 5) is 17.1. The Kier molecular flexibility index (Phi) is 10.8. The van der Waals surface area contributed by atoms with Crippen molar-refractivity contribution in [1.29, 1.82) is 0 Å². The highest BCUT2D eigenvalue weighted by atomic mass is 31.2. The van der Waals surface area contributed by atoms with Crippen molar-refractivity contribution in [3.05, 3.63) is 0 Å². The zero-order valence-electron chi connectivity index (χ0n) is 13.4. The van der Waals surface area contributed by atoms with Gasteiger partial charge in [0.25, 0.3) is 0 Å². The molecule has 0 unspecified atom stereocenters. The van der Waals surface area contributed by atoms with E-state index in [4.69, 9.17) is 9.79 Å². The van der Waals surface area contributed by atoms with Gasteiger partial charge in [0.1, 0.15) is 0 Å². The average molecular weight is 308 g/mol. The van der Waals surface area contributed by atoms with Crippen LogP contribution in [0.3, 0.4) is 0 Å². The SMILES string of the molecule is CCC(CC)(CC)CCCCCCCCOP(=O)(O)O. The van der Waals surface area contributed by atoms with E-state index in [1.807, 2.05) is 0 Å². The van der Waals surface area contributed by atoms with E-state index in [9.17, 15) is 4.57 Å². The minimum Gasteiger partial charge on any atom is -0.303 e. The third-order valence-electron chi connectivity index (χ3n) is 4.61. The van der Waals surface area contributed by atoms with Gasteiger partial charge in [-0.25, -0.2) is 4.57 Å². The van der Waals surface area contributed by atoms with Gasteiger partial charge in [0.05, 0.1) is 6.61 Å². The van der Waals surface area contributed by atoms with Gasteiger partial charge in [-0.3, -0.25) is 4.52 Å². The number of hydrogen-bond acceptors (Lipinski definition) is 2. The standard InChI is InChI=1S/C15H33O4P/c1-4-15(5-2,6-3)13-11-9-7-8-10-12-14-19-20(16,17)18/h4-14H2,1-3H3,(H2,16,17,18). The Morgan fingerprint density at radius 1 is 0.850 bits per heavy atom. The van der Waals surface area contributed by atoms with Crippen LogP contribution in [0.1, 0.15) is 85.0 Å². The zero-order valence-corrected chi connectivity index (χ0v) is 14.3. The van der Waals surface area contributed by atoms with Crippen molar-refractivity contribution in [3.63, 3.8) is 0 Å². The summed E-state index contributed by atoms with van der Waals surface area (Å²) in [5.74, 6) is 0. The van der Waals surface area contributed by atoms with Crippen LogP contribution in [0.2, 0.25) is 0 Å². The lowest BCUT2D eigenvalue weighted by atomic mass is 9.75. The first-order valence-corrected chi connectivity index (χ1v) is 9.62. The second kappa shape index (κ2) is 10.8. The number of hydrogen-bond donors (Lipinski definition) is 2. The van der Waals surface area contributed by atoms with E-state index in [1.54, 1.807) is 0 Å². The lowest BCUT2D eigenvalue weighted by Crippen LogP contribution is -2.17. The van der Waals surface area contributed by atoms with Crippen LogP contribution in [0.4, 0.5) is 0 Å². The maximum atomic E-state index is 10.5. The number of unbranched alkanes of at least 4 members (excludes halogenated alkanes) is 5. The summed E-state index contributed by atoms with van der Waals surface area (Å²) in [6.07, 6.45) is 11.8. The molecule has 0 aliphatic carbocycles. The molecule has 0 rings (SSSR count). The van der Waals surface area contributed by atoms with Crippen LogP contribution in [-0.2, 0) is 9.09 Å². The summed E-state index contributed by atoms with van der Waals surface area (Å²) >= 11 is 0. The molecular formula is C15H33O4P. The number of phosphoric ester groups is 1. The van der Waals surface area contributed by atoms with Crippen molar-refractivity contribution in [3.8, 4) is 0 Å². The molecule has 0 aromatic heterocycles. The van der Waals surface area contributed by atoms with Gasteiger partial charge in [-0.2, -0.15) is 0 Å². The second-order valence-corrected chi connectivity index (χ2v) is 7.00. The lowest BCUT2D eigenvalue weighted by molar-refractivity contribution is 0.193. The topological polar surface area (TPSA) is 66.8 Å². The molecule has 0 fully saturated rings. The Hall–Kier alpha value is 0.110. The molecule has 0 aliphatic rings. The first-order valence-electron chi connectivity index (χ1n) is 8.09. The van der Waals surface area contributed by atoms with Crippen molar-refractivity contribution < 1.29 is 18.9 Å². The molecule has 4 nitrogen and oxygen atoms in total. The predicted octanol–water partition coefficient (Wildman–Crippen LogP) is 5.04. The van der Waals surface area contributed by atoms with Crippen molar-refractivity contribution in [2.24, 2.45) is 5.41 Å². The van der Waals surface area contributed by atoms with Crippen molar-refractivity contribution in [2.75, 3.05) is 6.61 Å². The lowest BCUT2D eigenvalue weighted by Gasteiger charge is -2.30. The minimum atomic E-state index is -4.26. The molecule has 0 aliphatic heterocycles. The number of rotatable bonds is 13. The Morgan fingerprint density at radius 2 is 1.30 bits per heavy atom. The van der Waals surface area contributed by atoms with E-state index in [1.165, 1.54) is 44.9 Å². The molecule has 2 N–H and O–H groups in total. The van der Waals surface area contributed by atoms with Gasteiger partial charge in [-0.05, 0) is 18.3 Å². The van der Waals surface area contributed by atoms with Gasteiger partial charge < -0.3 is 9.79 Å². The van der Waals surface area contributed by atoms with E-state index in [-0.39, 0.29) is 6.61 Å². The maximum absolute atomic E-state index is 10.5. The smallest absolute Gasteiger partial charge is 0.303 e. The van der Waals surface area contributed by atoms with Crippen LogP contribution in [-0.4, -0.2) is 16.4 Å². The van der Waals surface area contributed by atoms with Gasteiger partial charge >= 0.3 is 7.82 Å². The molecule has 0 saturated heterocycles. The zero-order chi connectivity index (χ0) is 15.5. The summed E-state index contributed by atoms with van der Waals surface area (Å²) < 4.78 is 14.9. The van der Waals surface area contributed by atoms with Crippen molar-refractivity contribution in [2.45, 2.75) is 85.0 Å². The summed E-state index contributed by atoms with van der Waals surface area (Å²) in [5.41, 5.74) is 0.553. The van der Waals surface area contributed by atoms with E-state index < -0.39 is 7.82 Å². The second-order valence-electron chi connectivity index (χ2n) is 5.76. The highest BCUT2D eigenvalue weighted by molar-refractivity contribution is 7.46. The van der Waals surface area contributed by atoms with Gasteiger partial charge in [0.2, 0.25) is 0 Å². The molecule has 0 spiro atoms. The van der Waals surface area contributed by atoms with Crippen molar-refractivity contribution in [1.82, 2.24) is 0 Å². The van der Waals surface area contributed by atoms with Crippen LogP contribution in [0.25, 0.3) is 0 Å². The first kappa shape index (κ1) is 20.1. The van der Waals surface area contributed by atoms with Crippen LogP contribution < -0.4 is 0 Å². The van der Waals surface area contributed by atoms with Gasteiger partial charge in [-0.15, -0.1) is 0 Å². The highest BCUT2D eigenvalue weighted by Gasteiger charge is 2.22. The van der Waals surface area contributed by atoms with Crippen molar-refractivity contribution >= 4 is 7.82 Å². The van der Waals surface area contributed by atoms with Gasteiger partial charge in [0, 0.05) is 0 Å². The molecular weight excluding hydrogens is 275 g/mol. The quantitative estimate of drug-likeness (QED) is 0.369. The Bertz CT molecular complexity index is 263. The predicted molar refractivity (Wildman–Crippen MR) is 83.6 cm³/mol. The first-order chi connectivity index (χ1) is 9.39. The third-order valence-corrected chi connectivity index (χ3v) is 5.13. The minimum absolute atomic E-state index is 0.162. The third kappa shape index (κ3) is 9.93. The molecule has 0 aromatic carbocycles. The molecule has 0 aromatic rings. The molecule has 5 heteroatoms. The van der Waals surface area contributed by atoms with E-state index >= 15 is 0 Å². The molecule has 0 heterocycles. The maximum Gasteiger partial charge on any atom is 0.469 e. The fourth-order valence-corrected chi connectivity index (χ4v) is 3.14. The molecule has 0 radical (unpaired) electrons. The Balaban J connectivity index is 3.47. The summed E-state index contributed by atoms with van der Waals surface area (Å²) in [5, 5.41) is 0. The fourth-order valence-electron chi connectivity index (χ4n) is 2.77. The monoisotopic (exact) mass is 308 g/mol. The molecule has 20 heavy (non-hydrogen) atoms. The average Bonchev–Trinajstić information content (AvgIpc) is 2.41. The normalized spacial score (nSPS) is 12.8. The van der Waals surface area contributed by atoms with Crippen LogP contribution in [0, 0.1) is 5.41 Å². The largest absolute Gasteiger partial charge is 0.469 e. The van der Waals surface area contributed by atoms with Gasteiger partial charge in [-0.1, -0.05) is 72.1 Å². The summed E-state index contributed by atoms with van der Waals surface area (Å²) in [6.45, 7) is 7.06.